The summed E-state index contributed by atoms with van der Waals surface area (Å²) in [5.41, 5.74) is 4.04. The number of nitrogens with one attached hydrogen (secondary N) is 2. The van der Waals surface area contributed by atoms with E-state index in [1.165, 1.54) is 0 Å². The molecule has 148 valence electrons. The van der Waals surface area contributed by atoms with Crippen molar-refractivity contribution in [3.8, 4) is 0 Å². The molecule has 0 radical (unpaired) electrons. The van der Waals surface area contributed by atoms with Gasteiger partial charge in [0.15, 0.2) is 0 Å². The molecular formula is C22H27N3O3. The summed E-state index contributed by atoms with van der Waals surface area (Å²) in [7, 11) is 0. The monoisotopic (exact) mass is 381 g/mol. The first-order valence-electron chi connectivity index (χ1n) is 9.60. The van der Waals surface area contributed by atoms with Crippen LogP contribution in [0.4, 0.5) is 5.69 Å². The zero-order chi connectivity index (χ0) is 19.9. The molecule has 1 heterocycles. The predicted octanol–water partition coefficient (Wildman–Crippen LogP) is 2.62. The number of morpholine rings is 1. The van der Waals surface area contributed by atoms with Crippen LogP contribution in [0.3, 0.4) is 0 Å². The van der Waals surface area contributed by atoms with Crippen LogP contribution in [0.2, 0.25) is 0 Å². The fourth-order valence-electron chi connectivity index (χ4n) is 3.11. The third-order valence-electron chi connectivity index (χ3n) is 5.08. The standard InChI is InChI=1S/C22H27N3O3/c1-16-4-3-5-20(17(16)2)24-22(27)19-8-6-18(7-9-19)21(26)23-10-11-25-12-14-28-15-13-25/h3-9H,10-15H2,1-2H3,(H,23,26)(H,24,27). The Bertz CT molecular complexity index is 827. The Morgan fingerprint density at radius 3 is 2.29 bits per heavy atom. The smallest absolute Gasteiger partial charge is 0.255 e. The lowest BCUT2D eigenvalue weighted by Gasteiger charge is -2.26. The van der Waals surface area contributed by atoms with Gasteiger partial charge in [0.25, 0.3) is 11.8 Å². The molecule has 2 N–H and O–H groups in total. The van der Waals surface area contributed by atoms with Gasteiger partial charge in [-0.15, -0.1) is 0 Å². The van der Waals surface area contributed by atoms with Gasteiger partial charge in [-0.25, -0.2) is 0 Å². The van der Waals surface area contributed by atoms with Crippen LogP contribution in [0, 0.1) is 13.8 Å². The first kappa shape index (κ1) is 20.0. The molecule has 0 saturated carbocycles. The number of benzene rings is 2. The highest BCUT2D eigenvalue weighted by Gasteiger charge is 2.12. The topological polar surface area (TPSA) is 70.7 Å². The Balaban J connectivity index is 1.52. The second-order valence-corrected chi connectivity index (χ2v) is 6.99. The Morgan fingerprint density at radius 1 is 0.964 bits per heavy atom. The minimum Gasteiger partial charge on any atom is -0.379 e. The lowest BCUT2D eigenvalue weighted by Crippen LogP contribution is -2.41. The Hall–Kier alpha value is -2.70. The van der Waals surface area contributed by atoms with E-state index >= 15 is 0 Å². The number of amides is 2. The maximum atomic E-state index is 12.5. The number of carbonyl (C=O) groups excluding carboxylic acids is 2. The number of ether oxygens (including phenoxy) is 1. The van der Waals surface area contributed by atoms with Crippen LogP contribution in [-0.4, -0.2) is 56.1 Å². The Morgan fingerprint density at radius 2 is 1.61 bits per heavy atom. The van der Waals surface area contributed by atoms with Gasteiger partial charge in [-0.05, 0) is 55.3 Å². The van der Waals surface area contributed by atoms with E-state index in [4.69, 9.17) is 4.74 Å². The Labute approximate surface area is 165 Å². The highest BCUT2D eigenvalue weighted by Crippen LogP contribution is 2.19. The molecule has 1 aliphatic rings. The minimum atomic E-state index is -0.187. The second kappa shape index (κ2) is 9.48. The third-order valence-corrected chi connectivity index (χ3v) is 5.08. The molecule has 2 aromatic rings. The summed E-state index contributed by atoms with van der Waals surface area (Å²) in [4.78, 5) is 27.0. The number of carbonyl (C=O) groups is 2. The first-order chi connectivity index (χ1) is 13.5. The van der Waals surface area contributed by atoms with E-state index in [0.29, 0.717) is 17.7 Å². The van der Waals surface area contributed by atoms with Crippen molar-refractivity contribution >= 4 is 17.5 Å². The molecule has 0 unspecified atom stereocenters. The van der Waals surface area contributed by atoms with Crippen LogP contribution in [-0.2, 0) is 4.74 Å². The summed E-state index contributed by atoms with van der Waals surface area (Å²) in [6, 6.07) is 12.5. The first-order valence-corrected chi connectivity index (χ1v) is 9.60. The molecule has 1 fully saturated rings. The van der Waals surface area contributed by atoms with Gasteiger partial charge in [-0.1, -0.05) is 12.1 Å². The molecule has 3 rings (SSSR count). The summed E-state index contributed by atoms with van der Waals surface area (Å²) >= 11 is 0. The van der Waals surface area contributed by atoms with Crippen molar-refractivity contribution in [3.05, 3.63) is 64.7 Å². The number of aryl methyl sites for hydroxylation is 1. The maximum absolute atomic E-state index is 12.5. The quantitative estimate of drug-likeness (QED) is 0.807. The van der Waals surface area contributed by atoms with Gasteiger partial charge in [0.1, 0.15) is 0 Å². The molecule has 0 aliphatic carbocycles. The molecule has 28 heavy (non-hydrogen) atoms. The highest BCUT2D eigenvalue weighted by molar-refractivity contribution is 6.05. The maximum Gasteiger partial charge on any atom is 0.255 e. The largest absolute Gasteiger partial charge is 0.379 e. The van der Waals surface area contributed by atoms with Gasteiger partial charge < -0.3 is 15.4 Å². The third kappa shape index (κ3) is 5.18. The van der Waals surface area contributed by atoms with Crippen molar-refractivity contribution in [3.63, 3.8) is 0 Å². The van der Waals surface area contributed by atoms with Crippen LogP contribution >= 0.6 is 0 Å². The van der Waals surface area contributed by atoms with E-state index in [2.05, 4.69) is 15.5 Å². The fraction of sp³-hybridized carbons (Fsp3) is 0.364. The molecular weight excluding hydrogens is 354 g/mol. The number of anilines is 1. The fourth-order valence-corrected chi connectivity index (χ4v) is 3.11. The average molecular weight is 381 g/mol. The van der Waals surface area contributed by atoms with Crippen LogP contribution < -0.4 is 10.6 Å². The molecule has 0 atom stereocenters. The lowest BCUT2D eigenvalue weighted by atomic mass is 10.1. The van der Waals surface area contributed by atoms with E-state index in [0.717, 1.165) is 49.7 Å². The molecule has 0 spiro atoms. The molecule has 1 saturated heterocycles. The summed E-state index contributed by atoms with van der Waals surface area (Å²) in [6.45, 7) is 8.70. The van der Waals surface area contributed by atoms with Crippen molar-refractivity contribution in [1.29, 1.82) is 0 Å². The number of rotatable bonds is 6. The molecule has 6 nitrogen and oxygen atoms in total. The van der Waals surface area contributed by atoms with Gasteiger partial charge in [-0.2, -0.15) is 0 Å². The molecule has 0 bridgehead atoms. The summed E-state index contributed by atoms with van der Waals surface area (Å²) < 4.78 is 5.31. The summed E-state index contributed by atoms with van der Waals surface area (Å²) in [6.07, 6.45) is 0. The van der Waals surface area contributed by atoms with Gasteiger partial charge in [0.05, 0.1) is 13.2 Å². The highest BCUT2D eigenvalue weighted by atomic mass is 16.5. The van der Waals surface area contributed by atoms with Gasteiger partial charge in [0.2, 0.25) is 0 Å². The van der Waals surface area contributed by atoms with Crippen LogP contribution in [0.1, 0.15) is 31.8 Å². The van der Waals surface area contributed by atoms with E-state index in [1.807, 2.05) is 32.0 Å². The molecule has 2 amide bonds. The van der Waals surface area contributed by atoms with E-state index in [9.17, 15) is 9.59 Å². The van der Waals surface area contributed by atoms with Crippen molar-refractivity contribution in [2.24, 2.45) is 0 Å². The molecule has 1 aliphatic heterocycles. The zero-order valence-corrected chi connectivity index (χ0v) is 16.5. The van der Waals surface area contributed by atoms with Crippen molar-refractivity contribution in [2.75, 3.05) is 44.7 Å². The summed E-state index contributed by atoms with van der Waals surface area (Å²) in [5, 5.41) is 5.86. The SMILES string of the molecule is Cc1cccc(NC(=O)c2ccc(C(=O)NCCN3CCOCC3)cc2)c1C. The lowest BCUT2D eigenvalue weighted by molar-refractivity contribution is 0.0383. The van der Waals surface area contributed by atoms with Crippen molar-refractivity contribution in [1.82, 2.24) is 10.2 Å². The van der Waals surface area contributed by atoms with Gasteiger partial charge in [-0.3, -0.25) is 14.5 Å². The minimum absolute atomic E-state index is 0.130. The zero-order valence-electron chi connectivity index (χ0n) is 16.5. The molecule has 6 heteroatoms. The second-order valence-electron chi connectivity index (χ2n) is 6.99. The van der Waals surface area contributed by atoms with Gasteiger partial charge in [0, 0.05) is 43.0 Å². The normalized spacial score (nSPS) is 14.5. The van der Waals surface area contributed by atoms with E-state index in [-0.39, 0.29) is 11.8 Å². The number of hydrogen-bond donors (Lipinski definition) is 2. The summed E-state index contributed by atoms with van der Waals surface area (Å²) in [5.74, 6) is -0.317. The predicted molar refractivity (Wildman–Crippen MR) is 110 cm³/mol. The van der Waals surface area contributed by atoms with Gasteiger partial charge >= 0.3 is 0 Å². The van der Waals surface area contributed by atoms with Crippen LogP contribution in [0.15, 0.2) is 42.5 Å². The van der Waals surface area contributed by atoms with Crippen molar-refractivity contribution in [2.45, 2.75) is 13.8 Å². The van der Waals surface area contributed by atoms with E-state index in [1.54, 1.807) is 24.3 Å². The Kier molecular flexibility index (Phi) is 6.79. The number of hydrogen-bond acceptors (Lipinski definition) is 4. The average Bonchev–Trinajstić information content (AvgIpc) is 2.72. The van der Waals surface area contributed by atoms with E-state index < -0.39 is 0 Å². The molecule has 0 aromatic heterocycles. The number of nitrogens with zero attached hydrogens (tertiary/aromatic N) is 1. The van der Waals surface area contributed by atoms with Crippen LogP contribution in [0.25, 0.3) is 0 Å². The molecule has 2 aromatic carbocycles. The van der Waals surface area contributed by atoms with Crippen LogP contribution in [0.5, 0.6) is 0 Å². The van der Waals surface area contributed by atoms with Crippen molar-refractivity contribution < 1.29 is 14.3 Å².